The van der Waals surface area contributed by atoms with Crippen LogP contribution in [0, 0.1) is 0 Å². The monoisotopic (exact) mass is 269 g/mol. The van der Waals surface area contributed by atoms with Gasteiger partial charge in [-0.15, -0.1) is 0 Å². The Kier molecular flexibility index (Phi) is 2.60. The first-order chi connectivity index (χ1) is 9.54. The predicted molar refractivity (Wildman–Crippen MR) is 72.2 cm³/mol. The van der Waals surface area contributed by atoms with Crippen molar-refractivity contribution in [2.24, 2.45) is 12.8 Å². The zero-order chi connectivity index (χ0) is 14.3. The minimum absolute atomic E-state index is 0.118. The summed E-state index contributed by atoms with van der Waals surface area (Å²) in [7, 11) is 1.68. The molecule has 20 heavy (non-hydrogen) atoms. The minimum Gasteiger partial charge on any atom is -0.364 e. The van der Waals surface area contributed by atoms with Crippen molar-refractivity contribution in [3.8, 4) is 11.3 Å². The largest absolute Gasteiger partial charge is 0.364 e. The number of nitrogens with zero attached hydrogens (tertiary/aromatic N) is 4. The Bertz CT molecular complexity index is 878. The molecule has 0 bridgehead atoms. The molecule has 0 aliphatic carbocycles. The third-order valence-corrected chi connectivity index (χ3v) is 2.99. The number of fused-ring (bicyclic) bond motifs is 1. The van der Waals surface area contributed by atoms with Crippen LogP contribution in [-0.4, -0.2) is 24.8 Å². The topological polar surface area (TPSA) is 95.3 Å². The third-order valence-electron chi connectivity index (χ3n) is 2.99. The van der Waals surface area contributed by atoms with Gasteiger partial charge in [-0.1, -0.05) is 0 Å². The van der Waals surface area contributed by atoms with E-state index in [1.54, 1.807) is 29.9 Å². The van der Waals surface area contributed by atoms with Crippen LogP contribution in [0.4, 0.5) is 0 Å². The number of carbonyl (C=O) groups excluding carboxylic acids is 1. The van der Waals surface area contributed by atoms with E-state index < -0.39 is 5.91 Å². The average Bonchev–Trinajstić information content (AvgIpc) is 2.85. The van der Waals surface area contributed by atoms with E-state index in [1.165, 1.54) is 23.0 Å². The maximum absolute atomic E-state index is 11.6. The molecular formula is C13H11N5O2. The van der Waals surface area contributed by atoms with Crippen molar-refractivity contribution in [2.75, 3.05) is 0 Å². The molecule has 2 N–H and O–H groups in total. The maximum Gasteiger partial charge on any atom is 0.268 e. The van der Waals surface area contributed by atoms with E-state index in [1.807, 2.05) is 0 Å². The molecule has 0 saturated heterocycles. The van der Waals surface area contributed by atoms with Gasteiger partial charge in [0.05, 0.1) is 11.9 Å². The minimum atomic E-state index is -0.594. The molecule has 1 amide bonds. The Labute approximate surface area is 113 Å². The lowest BCUT2D eigenvalue weighted by molar-refractivity contribution is 0.0996. The zero-order valence-electron chi connectivity index (χ0n) is 10.6. The van der Waals surface area contributed by atoms with Crippen LogP contribution in [-0.2, 0) is 7.05 Å². The van der Waals surface area contributed by atoms with Gasteiger partial charge in [0.15, 0.2) is 5.65 Å². The van der Waals surface area contributed by atoms with Crippen LogP contribution in [0.2, 0.25) is 0 Å². The standard InChI is InChI=1S/C13H11N5O2/c1-17-3-2-8(4-12(17)19)9-6-18-7-10(13(14)20)16-11(18)5-15-9/h2-7H,1H3,(H2,14,20). The summed E-state index contributed by atoms with van der Waals surface area (Å²) in [5.41, 5.74) is 7.07. The van der Waals surface area contributed by atoms with Gasteiger partial charge in [0.25, 0.3) is 11.5 Å². The number of aromatic nitrogens is 4. The highest BCUT2D eigenvalue weighted by Gasteiger charge is 2.08. The number of rotatable bonds is 2. The first-order valence-corrected chi connectivity index (χ1v) is 5.86. The summed E-state index contributed by atoms with van der Waals surface area (Å²) in [5, 5.41) is 0. The van der Waals surface area contributed by atoms with Gasteiger partial charge in [0.2, 0.25) is 0 Å². The van der Waals surface area contributed by atoms with E-state index in [9.17, 15) is 9.59 Å². The van der Waals surface area contributed by atoms with E-state index in [0.717, 1.165) is 0 Å². The maximum atomic E-state index is 11.6. The number of primary amides is 1. The van der Waals surface area contributed by atoms with Crippen molar-refractivity contribution in [1.29, 1.82) is 0 Å². The summed E-state index contributed by atoms with van der Waals surface area (Å²) in [6, 6.07) is 3.29. The fourth-order valence-electron chi connectivity index (χ4n) is 1.87. The second kappa shape index (κ2) is 4.30. The number of aryl methyl sites for hydroxylation is 1. The number of pyridine rings is 1. The molecule has 0 aromatic carbocycles. The fraction of sp³-hybridized carbons (Fsp3) is 0.0769. The quantitative estimate of drug-likeness (QED) is 0.718. The second-order valence-electron chi connectivity index (χ2n) is 4.39. The molecule has 100 valence electrons. The molecule has 0 atom stereocenters. The lowest BCUT2D eigenvalue weighted by atomic mass is 10.2. The molecule has 7 nitrogen and oxygen atoms in total. The number of hydrogen-bond donors (Lipinski definition) is 1. The van der Waals surface area contributed by atoms with Crippen LogP contribution in [0.5, 0.6) is 0 Å². The summed E-state index contributed by atoms with van der Waals surface area (Å²) >= 11 is 0. The van der Waals surface area contributed by atoms with Crippen molar-refractivity contribution in [1.82, 2.24) is 18.9 Å². The zero-order valence-corrected chi connectivity index (χ0v) is 10.6. The first kappa shape index (κ1) is 12.1. The van der Waals surface area contributed by atoms with E-state index in [2.05, 4.69) is 9.97 Å². The summed E-state index contributed by atoms with van der Waals surface area (Å²) in [5.74, 6) is -0.594. The Balaban J connectivity index is 2.14. The summed E-state index contributed by atoms with van der Waals surface area (Å²) in [6.45, 7) is 0. The highest BCUT2D eigenvalue weighted by Crippen LogP contribution is 2.15. The van der Waals surface area contributed by atoms with Crippen LogP contribution in [0.3, 0.4) is 0 Å². The molecule has 3 rings (SSSR count). The highest BCUT2D eigenvalue weighted by atomic mass is 16.1. The van der Waals surface area contributed by atoms with Crippen molar-refractivity contribution in [3.63, 3.8) is 0 Å². The Morgan fingerprint density at radius 3 is 2.85 bits per heavy atom. The molecule has 3 heterocycles. The smallest absolute Gasteiger partial charge is 0.268 e. The van der Waals surface area contributed by atoms with Gasteiger partial charge in [-0.25, -0.2) is 4.98 Å². The van der Waals surface area contributed by atoms with Gasteiger partial charge < -0.3 is 14.7 Å². The van der Waals surface area contributed by atoms with E-state index in [-0.39, 0.29) is 11.3 Å². The summed E-state index contributed by atoms with van der Waals surface area (Å²) in [4.78, 5) is 31.0. The molecule has 0 radical (unpaired) electrons. The lowest BCUT2D eigenvalue weighted by Gasteiger charge is -2.02. The van der Waals surface area contributed by atoms with Gasteiger partial charge >= 0.3 is 0 Å². The van der Waals surface area contributed by atoms with Crippen LogP contribution in [0.15, 0.2) is 41.7 Å². The lowest BCUT2D eigenvalue weighted by Crippen LogP contribution is -2.14. The fourth-order valence-corrected chi connectivity index (χ4v) is 1.87. The summed E-state index contributed by atoms with van der Waals surface area (Å²) < 4.78 is 3.13. The predicted octanol–water partition coefficient (Wildman–Crippen LogP) is 0.194. The number of nitrogens with two attached hydrogens (primary N) is 1. The van der Waals surface area contributed by atoms with Crippen molar-refractivity contribution < 1.29 is 4.79 Å². The molecule has 0 aliphatic heterocycles. The van der Waals surface area contributed by atoms with Gasteiger partial charge in [-0.3, -0.25) is 14.6 Å². The van der Waals surface area contributed by atoms with Gasteiger partial charge in [-0.05, 0) is 6.07 Å². The molecular weight excluding hydrogens is 258 g/mol. The Morgan fingerprint density at radius 2 is 2.15 bits per heavy atom. The normalized spacial score (nSPS) is 10.8. The molecule has 0 unspecified atom stereocenters. The number of hydrogen-bond acceptors (Lipinski definition) is 4. The molecule has 0 aliphatic rings. The highest BCUT2D eigenvalue weighted by molar-refractivity contribution is 5.91. The van der Waals surface area contributed by atoms with E-state index in [0.29, 0.717) is 16.9 Å². The number of amides is 1. The van der Waals surface area contributed by atoms with Gasteiger partial charge in [-0.2, -0.15) is 0 Å². The molecule has 3 aromatic heterocycles. The van der Waals surface area contributed by atoms with Crippen LogP contribution in [0.25, 0.3) is 16.9 Å². The van der Waals surface area contributed by atoms with Gasteiger partial charge in [0, 0.05) is 37.3 Å². The van der Waals surface area contributed by atoms with E-state index >= 15 is 0 Å². The molecule has 0 fully saturated rings. The van der Waals surface area contributed by atoms with Crippen LogP contribution < -0.4 is 11.3 Å². The van der Waals surface area contributed by atoms with Crippen LogP contribution in [0.1, 0.15) is 10.5 Å². The molecule has 0 saturated carbocycles. The Hall–Kier alpha value is -2.96. The van der Waals surface area contributed by atoms with Crippen molar-refractivity contribution >= 4 is 11.6 Å². The molecule has 0 spiro atoms. The van der Waals surface area contributed by atoms with Crippen LogP contribution >= 0.6 is 0 Å². The molecule has 3 aromatic rings. The van der Waals surface area contributed by atoms with Crippen molar-refractivity contribution in [2.45, 2.75) is 0 Å². The van der Waals surface area contributed by atoms with E-state index in [4.69, 9.17) is 5.73 Å². The summed E-state index contributed by atoms with van der Waals surface area (Å²) in [6.07, 6.45) is 6.43. The SMILES string of the molecule is Cn1ccc(-c2cn3cc(C(N)=O)nc3cn2)cc1=O. The first-order valence-electron chi connectivity index (χ1n) is 5.86. The van der Waals surface area contributed by atoms with Gasteiger partial charge in [0.1, 0.15) is 5.69 Å². The number of imidazole rings is 1. The number of carbonyl (C=O) groups is 1. The second-order valence-corrected chi connectivity index (χ2v) is 4.39. The third kappa shape index (κ3) is 1.95. The molecule has 7 heteroatoms. The average molecular weight is 269 g/mol. The van der Waals surface area contributed by atoms with Crippen molar-refractivity contribution in [3.05, 3.63) is 53.0 Å². The Morgan fingerprint density at radius 1 is 1.35 bits per heavy atom.